The van der Waals surface area contributed by atoms with Crippen LogP contribution in [0.4, 0.5) is 4.39 Å². The average Bonchev–Trinajstić information content (AvgIpc) is 2.76. The van der Waals surface area contributed by atoms with E-state index in [2.05, 4.69) is 9.71 Å². The molecule has 124 valence electrons. The lowest BCUT2D eigenvalue weighted by atomic mass is 10.2. The van der Waals surface area contributed by atoms with Crippen LogP contribution in [-0.2, 0) is 10.0 Å². The zero-order chi connectivity index (χ0) is 17.4. The Balaban J connectivity index is 2.32. The van der Waals surface area contributed by atoms with E-state index in [0.717, 1.165) is 22.0 Å². The minimum atomic E-state index is -4.13. The largest absolute Gasteiger partial charge is 0.478 e. The van der Waals surface area contributed by atoms with Crippen LogP contribution in [0.2, 0.25) is 0 Å². The van der Waals surface area contributed by atoms with Gasteiger partial charge < -0.3 is 5.11 Å². The quantitative estimate of drug-likeness (QED) is 0.856. The normalized spacial score (nSPS) is 13.0. The summed E-state index contributed by atoms with van der Waals surface area (Å²) in [7, 11) is -4.13. The third kappa shape index (κ3) is 3.74. The molecule has 2 rings (SSSR count). The summed E-state index contributed by atoms with van der Waals surface area (Å²) in [5.74, 6) is -2.44. The molecule has 0 saturated heterocycles. The molecule has 1 heterocycles. The molecule has 0 radical (unpaired) electrons. The highest BCUT2D eigenvalue weighted by atomic mass is 32.2. The van der Waals surface area contributed by atoms with Gasteiger partial charge in [-0.1, -0.05) is 0 Å². The molecule has 0 fully saturated rings. The van der Waals surface area contributed by atoms with Crippen molar-refractivity contribution in [3.8, 4) is 0 Å². The molecule has 0 aliphatic heterocycles. The van der Waals surface area contributed by atoms with Crippen molar-refractivity contribution in [2.45, 2.75) is 31.7 Å². The molecular formula is C14H15FN2O4S2. The minimum absolute atomic E-state index is 0.316. The monoisotopic (exact) mass is 358 g/mol. The molecule has 0 aliphatic carbocycles. The second-order valence-electron chi connectivity index (χ2n) is 4.98. The zero-order valence-corrected chi connectivity index (χ0v) is 14.3. The van der Waals surface area contributed by atoms with E-state index in [9.17, 15) is 17.6 Å². The fourth-order valence-corrected chi connectivity index (χ4v) is 4.43. The van der Waals surface area contributed by atoms with Gasteiger partial charge in [0.2, 0.25) is 10.0 Å². The summed E-state index contributed by atoms with van der Waals surface area (Å²) < 4.78 is 41.0. The average molecular weight is 358 g/mol. The van der Waals surface area contributed by atoms with Crippen LogP contribution >= 0.6 is 11.3 Å². The summed E-state index contributed by atoms with van der Waals surface area (Å²) in [5.41, 5.74) is 0.396. The molecule has 9 heteroatoms. The van der Waals surface area contributed by atoms with Gasteiger partial charge in [-0.25, -0.2) is 27.3 Å². The zero-order valence-electron chi connectivity index (χ0n) is 12.6. The van der Waals surface area contributed by atoms with E-state index in [1.54, 1.807) is 13.8 Å². The number of carboxylic acid groups (broad SMARTS) is 1. The number of hydrogen-bond donors (Lipinski definition) is 2. The predicted molar refractivity (Wildman–Crippen MR) is 83.7 cm³/mol. The summed E-state index contributed by atoms with van der Waals surface area (Å²) in [6, 6.07) is 2.10. The lowest BCUT2D eigenvalue weighted by Gasteiger charge is -2.14. The minimum Gasteiger partial charge on any atom is -0.478 e. The van der Waals surface area contributed by atoms with E-state index < -0.39 is 32.7 Å². The summed E-state index contributed by atoms with van der Waals surface area (Å²) in [6.07, 6.45) is 0. The van der Waals surface area contributed by atoms with E-state index >= 15 is 0 Å². The number of halogens is 1. The van der Waals surface area contributed by atoms with Crippen LogP contribution < -0.4 is 4.72 Å². The van der Waals surface area contributed by atoms with Crippen molar-refractivity contribution in [3.63, 3.8) is 0 Å². The number of nitrogens with one attached hydrogen (secondary N) is 1. The first kappa shape index (κ1) is 17.5. The maximum atomic E-state index is 14.0. The van der Waals surface area contributed by atoms with E-state index in [1.807, 2.05) is 6.92 Å². The Bertz CT molecular complexity index is 862. The molecule has 23 heavy (non-hydrogen) atoms. The maximum Gasteiger partial charge on any atom is 0.335 e. The number of thiazole rings is 1. The van der Waals surface area contributed by atoms with Gasteiger partial charge in [-0.15, -0.1) is 11.3 Å². The van der Waals surface area contributed by atoms with Gasteiger partial charge in [0, 0.05) is 4.88 Å². The molecule has 0 bridgehead atoms. The van der Waals surface area contributed by atoms with Crippen LogP contribution in [0.5, 0.6) is 0 Å². The standard InChI is InChI=1S/C14H15FN2O4S2/c1-7-13(22-9(3)16-7)8(2)17-23(20,21)12-5-4-10(14(18)19)6-11(12)15/h4-6,8,17H,1-3H3,(H,18,19). The molecule has 0 amide bonds. The van der Waals surface area contributed by atoms with Crippen molar-refractivity contribution >= 4 is 27.3 Å². The number of sulfonamides is 1. The van der Waals surface area contributed by atoms with E-state index in [4.69, 9.17) is 5.11 Å². The van der Waals surface area contributed by atoms with Crippen molar-refractivity contribution in [2.75, 3.05) is 0 Å². The van der Waals surface area contributed by atoms with Gasteiger partial charge in [0.05, 0.1) is 22.3 Å². The van der Waals surface area contributed by atoms with Crippen molar-refractivity contribution in [2.24, 2.45) is 0 Å². The number of nitrogens with zero attached hydrogens (tertiary/aromatic N) is 1. The number of aryl methyl sites for hydroxylation is 2. The van der Waals surface area contributed by atoms with E-state index in [0.29, 0.717) is 11.8 Å². The third-order valence-corrected chi connectivity index (χ3v) is 5.96. The van der Waals surface area contributed by atoms with Gasteiger partial charge >= 0.3 is 5.97 Å². The van der Waals surface area contributed by atoms with Gasteiger partial charge in [0.25, 0.3) is 0 Å². The highest BCUT2D eigenvalue weighted by Gasteiger charge is 2.24. The van der Waals surface area contributed by atoms with E-state index in [-0.39, 0.29) is 5.56 Å². The molecule has 1 atom stereocenters. The Morgan fingerprint density at radius 1 is 1.39 bits per heavy atom. The smallest absolute Gasteiger partial charge is 0.335 e. The second-order valence-corrected chi connectivity index (χ2v) is 7.89. The number of hydrogen-bond acceptors (Lipinski definition) is 5. The van der Waals surface area contributed by atoms with Gasteiger partial charge in [0.15, 0.2) is 0 Å². The summed E-state index contributed by atoms with van der Waals surface area (Å²) in [5, 5.41) is 9.60. The van der Waals surface area contributed by atoms with Gasteiger partial charge in [-0.3, -0.25) is 0 Å². The molecule has 1 unspecified atom stereocenters. The molecule has 0 aliphatic rings. The fourth-order valence-electron chi connectivity index (χ4n) is 2.15. The number of carboxylic acids is 1. The van der Waals surface area contributed by atoms with Crippen molar-refractivity contribution in [1.29, 1.82) is 0 Å². The maximum absolute atomic E-state index is 14.0. The highest BCUT2D eigenvalue weighted by Crippen LogP contribution is 2.26. The highest BCUT2D eigenvalue weighted by molar-refractivity contribution is 7.89. The third-order valence-electron chi connectivity index (χ3n) is 3.13. The molecule has 2 aromatic rings. The fraction of sp³-hybridized carbons (Fsp3) is 0.286. The molecule has 6 nitrogen and oxygen atoms in total. The predicted octanol–water partition coefficient (Wildman–Crippen LogP) is 2.64. The topological polar surface area (TPSA) is 96.4 Å². The number of aromatic nitrogens is 1. The van der Waals surface area contributed by atoms with E-state index in [1.165, 1.54) is 11.3 Å². The Morgan fingerprint density at radius 3 is 2.52 bits per heavy atom. The first-order chi connectivity index (χ1) is 10.6. The summed E-state index contributed by atoms with van der Waals surface area (Å²) in [4.78, 5) is 15.2. The molecule has 0 spiro atoms. The lowest BCUT2D eigenvalue weighted by Crippen LogP contribution is -2.27. The van der Waals surface area contributed by atoms with Gasteiger partial charge in [-0.2, -0.15) is 0 Å². The Morgan fingerprint density at radius 2 is 2.04 bits per heavy atom. The van der Waals surface area contributed by atoms with Crippen molar-refractivity contribution < 1.29 is 22.7 Å². The number of rotatable bonds is 5. The van der Waals surface area contributed by atoms with Crippen LogP contribution in [-0.4, -0.2) is 24.5 Å². The first-order valence-electron chi connectivity index (χ1n) is 6.61. The Labute approximate surface area is 137 Å². The van der Waals surface area contributed by atoms with Gasteiger partial charge in [0.1, 0.15) is 10.7 Å². The van der Waals surface area contributed by atoms with Crippen LogP contribution in [0.1, 0.15) is 38.9 Å². The summed E-state index contributed by atoms with van der Waals surface area (Å²) >= 11 is 1.36. The molecule has 1 aromatic heterocycles. The molecule has 2 N–H and O–H groups in total. The van der Waals surface area contributed by atoms with Crippen LogP contribution in [0, 0.1) is 19.7 Å². The second kappa shape index (κ2) is 6.34. The number of benzene rings is 1. The van der Waals surface area contributed by atoms with Crippen LogP contribution in [0.3, 0.4) is 0 Å². The van der Waals surface area contributed by atoms with Gasteiger partial charge in [-0.05, 0) is 39.0 Å². The van der Waals surface area contributed by atoms with Crippen molar-refractivity contribution in [3.05, 3.63) is 45.2 Å². The lowest BCUT2D eigenvalue weighted by molar-refractivity contribution is 0.0696. The summed E-state index contributed by atoms with van der Waals surface area (Å²) in [6.45, 7) is 5.22. The first-order valence-corrected chi connectivity index (χ1v) is 8.91. The number of carbonyl (C=O) groups is 1. The molecular weight excluding hydrogens is 343 g/mol. The van der Waals surface area contributed by atoms with Crippen molar-refractivity contribution in [1.82, 2.24) is 9.71 Å². The Hall–Kier alpha value is -1.84. The molecule has 1 aromatic carbocycles. The Kier molecular flexibility index (Phi) is 4.83. The number of aromatic carboxylic acids is 1. The molecule has 0 saturated carbocycles. The SMILES string of the molecule is Cc1nc(C)c(C(C)NS(=O)(=O)c2ccc(C(=O)O)cc2F)s1. The van der Waals surface area contributed by atoms with Crippen LogP contribution in [0.25, 0.3) is 0 Å². The van der Waals surface area contributed by atoms with Crippen LogP contribution in [0.15, 0.2) is 23.1 Å².